The van der Waals surface area contributed by atoms with Crippen molar-refractivity contribution in [3.8, 4) is 11.8 Å². The van der Waals surface area contributed by atoms with Gasteiger partial charge in [0.1, 0.15) is 5.75 Å². The lowest BCUT2D eigenvalue weighted by Gasteiger charge is -2.03. The summed E-state index contributed by atoms with van der Waals surface area (Å²) >= 11 is 5.59. The molecule has 0 bridgehead atoms. The van der Waals surface area contributed by atoms with Gasteiger partial charge in [-0.1, -0.05) is 12.1 Å². The normalized spacial score (nSPS) is 9.54. The average Bonchev–Trinajstić information content (AvgIpc) is 2.16. The van der Waals surface area contributed by atoms with Crippen LogP contribution in [-0.2, 0) is 12.3 Å². The first-order chi connectivity index (χ1) is 6.27. The Balaban J connectivity index is 2.80. The van der Waals surface area contributed by atoms with Crippen molar-refractivity contribution in [2.75, 3.05) is 0 Å². The van der Waals surface area contributed by atoms with Crippen molar-refractivity contribution in [1.82, 2.24) is 0 Å². The minimum atomic E-state index is 0.230. The summed E-state index contributed by atoms with van der Waals surface area (Å²) in [6.07, 6.45) is 1.01. The molecule has 0 aliphatic heterocycles. The smallest absolute Gasteiger partial charge is 0.119 e. The Morgan fingerprint density at radius 2 is 2.23 bits per heavy atom. The maximum absolute atomic E-state index is 9.48. The van der Waals surface area contributed by atoms with E-state index < -0.39 is 0 Å². The number of alkyl halides is 1. The molecule has 0 amide bonds. The highest BCUT2D eigenvalue weighted by Crippen LogP contribution is 2.20. The fourth-order valence-corrected chi connectivity index (χ4v) is 1.26. The Kier molecular flexibility index (Phi) is 3.60. The number of benzene rings is 1. The van der Waals surface area contributed by atoms with E-state index in [1.54, 1.807) is 6.07 Å². The van der Waals surface area contributed by atoms with Crippen LogP contribution in [0.2, 0.25) is 0 Å². The van der Waals surface area contributed by atoms with Crippen molar-refractivity contribution in [1.29, 1.82) is 5.26 Å². The highest BCUT2D eigenvalue weighted by Gasteiger charge is 2.01. The first-order valence-electron chi connectivity index (χ1n) is 4.01. The standard InChI is InChI=1S/C10H10ClNO/c11-7-8-3-4-9(2-1-5-12)10(13)6-8/h3-4,6,13H,1-2,7H2. The minimum Gasteiger partial charge on any atom is -0.508 e. The largest absolute Gasteiger partial charge is 0.508 e. The van der Waals surface area contributed by atoms with E-state index in [2.05, 4.69) is 0 Å². The van der Waals surface area contributed by atoms with Crippen LogP contribution in [0.1, 0.15) is 17.5 Å². The highest BCUT2D eigenvalue weighted by molar-refractivity contribution is 6.17. The number of nitrogens with zero attached hydrogens (tertiary/aromatic N) is 1. The number of nitriles is 1. The van der Waals surface area contributed by atoms with Crippen LogP contribution in [0, 0.1) is 11.3 Å². The Bertz CT molecular complexity index is 330. The number of aryl methyl sites for hydroxylation is 1. The average molecular weight is 196 g/mol. The molecule has 1 aromatic rings. The van der Waals surface area contributed by atoms with Gasteiger partial charge in [-0.05, 0) is 23.6 Å². The fourth-order valence-electron chi connectivity index (χ4n) is 1.09. The molecule has 0 unspecified atom stereocenters. The molecule has 0 aromatic heterocycles. The molecule has 68 valence electrons. The molecule has 1 rings (SSSR count). The summed E-state index contributed by atoms with van der Waals surface area (Å²) < 4.78 is 0. The summed E-state index contributed by atoms with van der Waals surface area (Å²) in [6.45, 7) is 0. The lowest BCUT2D eigenvalue weighted by atomic mass is 10.1. The molecule has 3 heteroatoms. The van der Waals surface area contributed by atoms with Crippen LogP contribution >= 0.6 is 11.6 Å². The van der Waals surface area contributed by atoms with Crippen molar-refractivity contribution < 1.29 is 5.11 Å². The molecule has 1 aromatic carbocycles. The van der Waals surface area contributed by atoms with Crippen molar-refractivity contribution in [3.63, 3.8) is 0 Å². The predicted molar refractivity (Wildman–Crippen MR) is 51.6 cm³/mol. The van der Waals surface area contributed by atoms with Crippen LogP contribution in [0.5, 0.6) is 5.75 Å². The molecule has 0 atom stereocenters. The zero-order chi connectivity index (χ0) is 9.68. The Hall–Kier alpha value is -1.20. The fraction of sp³-hybridized carbons (Fsp3) is 0.300. The van der Waals surface area contributed by atoms with Gasteiger partial charge < -0.3 is 5.11 Å². The van der Waals surface area contributed by atoms with Gasteiger partial charge in [0, 0.05) is 12.3 Å². The van der Waals surface area contributed by atoms with E-state index in [1.807, 2.05) is 18.2 Å². The molecule has 0 fully saturated rings. The van der Waals surface area contributed by atoms with Crippen molar-refractivity contribution in [2.45, 2.75) is 18.7 Å². The third-order valence-electron chi connectivity index (χ3n) is 1.81. The summed E-state index contributed by atoms with van der Waals surface area (Å²) in [5.41, 5.74) is 1.69. The van der Waals surface area contributed by atoms with E-state index in [0.29, 0.717) is 18.7 Å². The van der Waals surface area contributed by atoms with Gasteiger partial charge in [-0.15, -0.1) is 11.6 Å². The van der Waals surface area contributed by atoms with Crippen LogP contribution < -0.4 is 0 Å². The van der Waals surface area contributed by atoms with E-state index >= 15 is 0 Å². The maximum atomic E-state index is 9.48. The topological polar surface area (TPSA) is 44.0 Å². The molecule has 0 aliphatic rings. The molecule has 0 radical (unpaired) electrons. The number of phenols is 1. The lowest BCUT2D eigenvalue weighted by Crippen LogP contribution is -1.86. The maximum Gasteiger partial charge on any atom is 0.119 e. The number of hydrogen-bond acceptors (Lipinski definition) is 2. The second kappa shape index (κ2) is 4.74. The van der Waals surface area contributed by atoms with Gasteiger partial charge in [-0.25, -0.2) is 0 Å². The van der Waals surface area contributed by atoms with Gasteiger partial charge in [0.05, 0.1) is 6.07 Å². The van der Waals surface area contributed by atoms with Gasteiger partial charge in [-0.3, -0.25) is 0 Å². The number of halogens is 1. The number of hydrogen-bond donors (Lipinski definition) is 1. The summed E-state index contributed by atoms with van der Waals surface area (Å²) in [5.74, 6) is 0.625. The van der Waals surface area contributed by atoms with Crippen LogP contribution in [0.25, 0.3) is 0 Å². The van der Waals surface area contributed by atoms with E-state index in [1.165, 1.54) is 0 Å². The van der Waals surface area contributed by atoms with Gasteiger partial charge in [-0.2, -0.15) is 5.26 Å². The summed E-state index contributed by atoms with van der Waals surface area (Å²) in [5, 5.41) is 17.8. The van der Waals surface area contributed by atoms with Crippen molar-refractivity contribution in [3.05, 3.63) is 29.3 Å². The van der Waals surface area contributed by atoms with E-state index in [9.17, 15) is 5.11 Å². The monoisotopic (exact) mass is 195 g/mol. The van der Waals surface area contributed by atoms with E-state index in [0.717, 1.165) is 11.1 Å². The third kappa shape index (κ3) is 2.64. The summed E-state index contributed by atoms with van der Waals surface area (Å²) in [7, 11) is 0. The van der Waals surface area contributed by atoms with Crippen molar-refractivity contribution >= 4 is 11.6 Å². The molecular formula is C10H10ClNO. The molecule has 0 spiro atoms. The Morgan fingerprint density at radius 1 is 1.46 bits per heavy atom. The van der Waals surface area contributed by atoms with Crippen LogP contribution in [0.4, 0.5) is 0 Å². The molecule has 0 saturated carbocycles. The number of aromatic hydroxyl groups is 1. The zero-order valence-corrected chi connectivity index (χ0v) is 7.88. The molecule has 1 N–H and O–H groups in total. The van der Waals surface area contributed by atoms with E-state index in [-0.39, 0.29) is 5.75 Å². The summed E-state index contributed by atoms with van der Waals surface area (Å²) in [4.78, 5) is 0. The van der Waals surface area contributed by atoms with Gasteiger partial charge in [0.25, 0.3) is 0 Å². The molecule has 2 nitrogen and oxygen atoms in total. The molecule has 13 heavy (non-hydrogen) atoms. The van der Waals surface area contributed by atoms with Crippen LogP contribution in [0.3, 0.4) is 0 Å². The van der Waals surface area contributed by atoms with Gasteiger partial charge in [0.15, 0.2) is 0 Å². The van der Waals surface area contributed by atoms with Crippen LogP contribution in [-0.4, -0.2) is 5.11 Å². The minimum absolute atomic E-state index is 0.230. The summed E-state index contributed by atoms with van der Waals surface area (Å²) in [6, 6.07) is 7.34. The van der Waals surface area contributed by atoms with Crippen molar-refractivity contribution in [2.24, 2.45) is 0 Å². The van der Waals surface area contributed by atoms with E-state index in [4.69, 9.17) is 16.9 Å². The SMILES string of the molecule is N#CCCc1ccc(CCl)cc1O. The third-order valence-corrected chi connectivity index (χ3v) is 2.12. The molecule has 0 saturated heterocycles. The number of phenolic OH excluding ortho intramolecular Hbond substituents is 1. The number of rotatable bonds is 3. The highest BCUT2D eigenvalue weighted by atomic mass is 35.5. The Labute approximate surface area is 82.4 Å². The predicted octanol–water partition coefficient (Wildman–Crippen LogP) is 2.59. The second-order valence-electron chi connectivity index (χ2n) is 2.75. The quantitative estimate of drug-likeness (QED) is 0.754. The zero-order valence-electron chi connectivity index (χ0n) is 7.13. The molecule has 0 heterocycles. The van der Waals surface area contributed by atoms with Crippen LogP contribution in [0.15, 0.2) is 18.2 Å². The lowest BCUT2D eigenvalue weighted by molar-refractivity contribution is 0.467. The molecular weight excluding hydrogens is 186 g/mol. The van der Waals surface area contributed by atoms with Gasteiger partial charge in [0.2, 0.25) is 0 Å². The second-order valence-corrected chi connectivity index (χ2v) is 3.02. The first-order valence-corrected chi connectivity index (χ1v) is 4.55. The molecule has 0 aliphatic carbocycles. The van der Waals surface area contributed by atoms with Gasteiger partial charge >= 0.3 is 0 Å². The first kappa shape index (κ1) is 9.88. The Morgan fingerprint density at radius 3 is 2.77 bits per heavy atom.